The van der Waals surface area contributed by atoms with Gasteiger partial charge in [-0.25, -0.2) is 0 Å². The summed E-state index contributed by atoms with van der Waals surface area (Å²) in [6.45, 7) is 5.51. The van der Waals surface area contributed by atoms with Gasteiger partial charge in [-0.15, -0.1) is 0 Å². The molecule has 0 aromatic rings. The highest BCUT2D eigenvalue weighted by atomic mass is 32.2. The number of hydrogen-bond donors (Lipinski definition) is 1. The maximum atomic E-state index is 12.8. The molecule has 1 saturated heterocycles. The van der Waals surface area contributed by atoms with Crippen LogP contribution < -0.4 is 5.32 Å². The van der Waals surface area contributed by atoms with E-state index in [9.17, 15) is 8.42 Å². The highest BCUT2D eigenvalue weighted by Crippen LogP contribution is 2.29. The molecule has 0 aromatic heterocycles. The molecule has 2 fully saturated rings. The van der Waals surface area contributed by atoms with Crippen LogP contribution in [0.25, 0.3) is 0 Å². The third kappa shape index (κ3) is 3.72. The van der Waals surface area contributed by atoms with Gasteiger partial charge in [-0.05, 0) is 51.1 Å². The third-order valence-corrected chi connectivity index (χ3v) is 6.71. The summed E-state index contributed by atoms with van der Waals surface area (Å²) in [7, 11) is -1.32. The lowest BCUT2D eigenvalue weighted by atomic mass is 9.85. The first-order chi connectivity index (χ1) is 9.57. The summed E-state index contributed by atoms with van der Waals surface area (Å²) in [6.07, 6.45) is 5.74. The van der Waals surface area contributed by atoms with Crippen LogP contribution in [0.5, 0.6) is 0 Å². The van der Waals surface area contributed by atoms with E-state index in [1.807, 2.05) is 14.0 Å². The molecule has 0 bridgehead atoms. The Balaban J connectivity index is 1.98. The van der Waals surface area contributed by atoms with Gasteiger partial charge in [0, 0.05) is 26.2 Å². The van der Waals surface area contributed by atoms with Crippen LogP contribution in [0.3, 0.4) is 0 Å². The van der Waals surface area contributed by atoms with E-state index in [2.05, 4.69) is 5.32 Å². The van der Waals surface area contributed by atoms with Gasteiger partial charge in [0.2, 0.25) is 0 Å². The number of piperidine rings is 1. The summed E-state index contributed by atoms with van der Waals surface area (Å²) in [5.41, 5.74) is 0. The molecule has 118 valence electrons. The minimum Gasteiger partial charge on any atom is -0.319 e. The van der Waals surface area contributed by atoms with Gasteiger partial charge in [-0.3, -0.25) is 0 Å². The summed E-state index contributed by atoms with van der Waals surface area (Å²) in [5.74, 6) is 1.04. The van der Waals surface area contributed by atoms with Gasteiger partial charge in [-0.2, -0.15) is 17.0 Å². The normalized spacial score (nSPS) is 25.9. The first-order valence-electron chi connectivity index (χ1n) is 7.97. The Morgan fingerprint density at radius 2 is 1.90 bits per heavy atom. The largest absolute Gasteiger partial charge is 0.319 e. The van der Waals surface area contributed by atoms with E-state index >= 15 is 0 Å². The fourth-order valence-corrected chi connectivity index (χ4v) is 5.02. The molecule has 1 heterocycles. The van der Waals surface area contributed by atoms with E-state index in [0.29, 0.717) is 38.0 Å². The van der Waals surface area contributed by atoms with Crippen LogP contribution in [-0.4, -0.2) is 56.8 Å². The van der Waals surface area contributed by atoms with E-state index in [1.165, 1.54) is 19.3 Å². The Morgan fingerprint density at radius 1 is 1.20 bits per heavy atom. The Bertz CT molecular complexity index is 393. The number of nitrogens with one attached hydrogen (secondary N) is 1. The molecular weight excluding hydrogens is 274 g/mol. The Kier molecular flexibility index (Phi) is 5.84. The second-order valence-electron chi connectivity index (χ2n) is 6.18. The molecule has 1 saturated carbocycles. The topological polar surface area (TPSA) is 52.7 Å². The molecule has 1 N–H and O–H groups in total. The smallest absolute Gasteiger partial charge is 0.281 e. The van der Waals surface area contributed by atoms with Crippen molar-refractivity contribution >= 4 is 10.2 Å². The molecule has 1 atom stereocenters. The zero-order chi connectivity index (χ0) is 14.6. The lowest BCUT2D eigenvalue weighted by Crippen LogP contribution is -2.50. The average molecular weight is 303 g/mol. The van der Waals surface area contributed by atoms with Gasteiger partial charge >= 0.3 is 0 Å². The fourth-order valence-electron chi connectivity index (χ4n) is 3.20. The van der Waals surface area contributed by atoms with Crippen molar-refractivity contribution in [3.05, 3.63) is 0 Å². The van der Waals surface area contributed by atoms with Crippen molar-refractivity contribution in [2.75, 3.05) is 39.8 Å². The van der Waals surface area contributed by atoms with Gasteiger partial charge < -0.3 is 5.32 Å². The van der Waals surface area contributed by atoms with E-state index in [4.69, 9.17) is 0 Å². The summed E-state index contributed by atoms with van der Waals surface area (Å²) in [6, 6.07) is 0. The molecule has 1 unspecified atom stereocenters. The van der Waals surface area contributed by atoms with E-state index in [0.717, 1.165) is 19.4 Å². The van der Waals surface area contributed by atoms with Crippen molar-refractivity contribution in [3.8, 4) is 0 Å². The maximum absolute atomic E-state index is 12.8. The van der Waals surface area contributed by atoms with E-state index in [1.54, 1.807) is 8.61 Å². The summed E-state index contributed by atoms with van der Waals surface area (Å²) in [5, 5.41) is 3.17. The Labute approximate surface area is 123 Å². The van der Waals surface area contributed by atoms with Crippen LogP contribution in [-0.2, 0) is 10.2 Å². The fraction of sp³-hybridized carbons (Fsp3) is 1.00. The SMILES string of the molecule is CCN(CC1CCC1)S(=O)(=O)N1CCCC(CNC)C1. The molecule has 0 spiro atoms. The maximum Gasteiger partial charge on any atom is 0.281 e. The van der Waals surface area contributed by atoms with Gasteiger partial charge in [0.15, 0.2) is 0 Å². The molecule has 5 nitrogen and oxygen atoms in total. The highest BCUT2D eigenvalue weighted by Gasteiger charge is 2.34. The lowest BCUT2D eigenvalue weighted by Gasteiger charge is -2.37. The van der Waals surface area contributed by atoms with Crippen molar-refractivity contribution in [2.24, 2.45) is 11.8 Å². The third-order valence-electron chi connectivity index (χ3n) is 4.67. The van der Waals surface area contributed by atoms with Gasteiger partial charge in [0.25, 0.3) is 10.2 Å². The molecule has 6 heteroatoms. The van der Waals surface area contributed by atoms with Crippen molar-refractivity contribution in [1.29, 1.82) is 0 Å². The van der Waals surface area contributed by atoms with Crippen LogP contribution in [0, 0.1) is 11.8 Å². The second-order valence-corrected chi connectivity index (χ2v) is 8.11. The molecule has 2 aliphatic rings. The molecule has 0 radical (unpaired) electrons. The minimum atomic E-state index is -3.26. The monoisotopic (exact) mass is 303 g/mol. The summed E-state index contributed by atoms with van der Waals surface area (Å²) in [4.78, 5) is 0. The van der Waals surface area contributed by atoms with Crippen LogP contribution >= 0.6 is 0 Å². The first-order valence-corrected chi connectivity index (χ1v) is 9.37. The quantitative estimate of drug-likeness (QED) is 0.771. The predicted octanol–water partition coefficient (Wildman–Crippen LogP) is 1.28. The average Bonchev–Trinajstić information content (AvgIpc) is 2.38. The van der Waals surface area contributed by atoms with E-state index < -0.39 is 10.2 Å². The van der Waals surface area contributed by atoms with Crippen LogP contribution in [0.1, 0.15) is 39.0 Å². The van der Waals surface area contributed by atoms with Gasteiger partial charge in [0.05, 0.1) is 0 Å². The zero-order valence-corrected chi connectivity index (χ0v) is 13.7. The van der Waals surface area contributed by atoms with Crippen molar-refractivity contribution in [1.82, 2.24) is 13.9 Å². The lowest BCUT2D eigenvalue weighted by molar-refractivity contribution is 0.216. The van der Waals surface area contributed by atoms with Crippen LogP contribution in [0.15, 0.2) is 0 Å². The summed E-state index contributed by atoms with van der Waals surface area (Å²) >= 11 is 0. The highest BCUT2D eigenvalue weighted by molar-refractivity contribution is 7.86. The molecule has 0 aromatic carbocycles. The first kappa shape index (κ1) is 16.2. The molecule has 1 aliphatic carbocycles. The molecule has 20 heavy (non-hydrogen) atoms. The zero-order valence-electron chi connectivity index (χ0n) is 12.8. The number of hydrogen-bond acceptors (Lipinski definition) is 3. The van der Waals surface area contributed by atoms with Crippen molar-refractivity contribution < 1.29 is 8.42 Å². The van der Waals surface area contributed by atoms with Gasteiger partial charge in [0.1, 0.15) is 0 Å². The van der Waals surface area contributed by atoms with Crippen molar-refractivity contribution in [2.45, 2.75) is 39.0 Å². The Hall–Kier alpha value is -0.170. The van der Waals surface area contributed by atoms with E-state index in [-0.39, 0.29) is 0 Å². The Morgan fingerprint density at radius 3 is 2.45 bits per heavy atom. The standard InChI is InChI=1S/C14H29N3O2S/c1-3-16(11-13-6-4-7-13)20(18,19)17-9-5-8-14(12-17)10-15-2/h13-15H,3-12H2,1-2H3. The van der Waals surface area contributed by atoms with Crippen molar-refractivity contribution in [3.63, 3.8) is 0 Å². The molecule has 2 rings (SSSR count). The van der Waals surface area contributed by atoms with Gasteiger partial charge in [-0.1, -0.05) is 13.3 Å². The summed E-state index contributed by atoms with van der Waals surface area (Å²) < 4.78 is 28.9. The molecule has 1 aliphatic heterocycles. The number of rotatable bonds is 7. The van der Waals surface area contributed by atoms with Crippen LogP contribution in [0.4, 0.5) is 0 Å². The minimum absolute atomic E-state index is 0.450. The van der Waals surface area contributed by atoms with Crippen LogP contribution in [0.2, 0.25) is 0 Å². The predicted molar refractivity (Wildman–Crippen MR) is 81.7 cm³/mol. The molecule has 0 amide bonds. The number of nitrogens with zero attached hydrogens (tertiary/aromatic N) is 2. The molecular formula is C14H29N3O2S. The second kappa shape index (κ2) is 7.20.